The third-order valence-corrected chi connectivity index (χ3v) is 8.10. The number of rotatable bonds is 27. The molecule has 0 amide bonds. The van der Waals surface area contributed by atoms with Crippen LogP contribution in [-0.2, 0) is 13.0 Å². The summed E-state index contributed by atoms with van der Waals surface area (Å²) in [6.45, 7) is 10.5. The Morgan fingerprint density at radius 3 is 1.28 bits per heavy atom. The molecule has 36 heavy (non-hydrogen) atoms. The maximum atomic E-state index is 2.58. The predicted molar refractivity (Wildman–Crippen MR) is 161 cm³/mol. The van der Waals surface area contributed by atoms with E-state index < -0.39 is 0 Å². The molecule has 0 radical (unpaired) electrons. The zero-order chi connectivity index (χ0) is 26.1. The van der Waals surface area contributed by atoms with E-state index in [1.165, 1.54) is 167 Å². The molecule has 0 spiro atoms. The molecule has 1 aromatic heterocycles. The van der Waals surface area contributed by atoms with E-state index in [2.05, 4.69) is 49.2 Å². The second kappa shape index (κ2) is 24.5. The Bertz CT molecular complexity index is 574. The molecule has 0 fully saturated rings. The molecule has 2 nitrogen and oxygen atoms in total. The van der Waals surface area contributed by atoms with Crippen molar-refractivity contribution in [3.8, 4) is 0 Å². The molecule has 1 rings (SSSR count). The van der Waals surface area contributed by atoms with Crippen molar-refractivity contribution in [3.05, 3.63) is 18.2 Å². The van der Waals surface area contributed by atoms with Gasteiger partial charge in [0.1, 0.15) is 12.4 Å². The van der Waals surface area contributed by atoms with Gasteiger partial charge < -0.3 is 0 Å². The van der Waals surface area contributed by atoms with Gasteiger partial charge in [0, 0.05) is 6.42 Å². The quantitative estimate of drug-likeness (QED) is 0.0833. The van der Waals surface area contributed by atoms with Crippen LogP contribution in [-0.4, -0.2) is 4.57 Å². The summed E-state index contributed by atoms with van der Waals surface area (Å²) in [5, 5.41) is 0. The van der Waals surface area contributed by atoms with Crippen LogP contribution >= 0.6 is 0 Å². The minimum atomic E-state index is 0.570. The van der Waals surface area contributed by atoms with Crippen LogP contribution in [0, 0.1) is 0 Å². The summed E-state index contributed by atoms with van der Waals surface area (Å²) in [5.41, 5.74) is 0. The fourth-order valence-corrected chi connectivity index (χ4v) is 5.67. The third kappa shape index (κ3) is 17.6. The van der Waals surface area contributed by atoms with E-state index in [1.54, 1.807) is 5.82 Å². The largest absolute Gasteiger partial charge is 0.256 e. The van der Waals surface area contributed by atoms with E-state index in [0.717, 1.165) is 0 Å². The van der Waals surface area contributed by atoms with E-state index in [0.29, 0.717) is 6.04 Å². The maximum Gasteiger partial charge on any atom is 0.256 e. The lowest BCUT2D eigenvalue weighted by atomic mass is 10.0. The summed E-state index contributed by atoms with van der Waals surface area (Å²) in [5.74, 6) is 1.57. The summed E-state index contributed by atoms with van der Waals surface area (Å²) in [6.07, 6.45) is 40.3. The van der Waals surface area contributed by atoms with Crippen LogP contribution in [0.25, 0.3) is 0 Å². The first-order valence-corrected chi connectivity index (χ1v) is 16.8. The lowest BCUT2D eigenvalue weighted by molar-refractivity contribution is -0.704. The molecule has 0 aromatic carbocycles. The lowest BCUT2D eigenvalue weighted by Crippen LogP contribution is -2.37. The molecule has 0 saturated heterocycles. The van der Waals surface area contributed by atoms with Gasteiger partial charge in [0.2, 0.25) is 0 Å². The van der Waals surface area contributed by atoms with Crippen LogP contribution < -0.4 is 4.57 Å². The van der Waals surface area contributed by atoms with Gasteiger partial charge in [-0.15, -0.1) is 0 Å². The molecular formula is C34H67N2+. The minimum Gasteiger partial charge on any atom is -0.234 e. The van der Waals surface area contributed by atoms with Crippen molar-refractivity contribution in [1.82, 2.24) is 4.57 Å². The highest BCUT2D eigenvalue weighted by molar-refractivity contribution is 4.86. The zero-order valence-corrected chi connectivity index (χ0v) is 25.5. The van der Waals surface area contributed by atoms with Crippen molar-refractivity contribution in [2.45, 2.75) is 201 Å². The third-order valence-electron chi connectivity index (χ3n) is 8.10. The van der Waals surface area contributed by atoms with Gasteiger partial charge in [-0.3, -0.25) is 0 Å². The summed E-state index contributed by atoms with van der Waals surface area (Å²) in [7, 11) is 0. The van der Waals surface area contributed by atoms with Crippen molar-refractivity contribution < 1.29 is 4.57 Å². The monoisotopic (exact) mass is 504 g/mol. The molecule has 0 N–H and O–H groups in total. The average Bonchev–Trinajstić information content (AvgIpc) is 3.28. The highest BCUT2D eigenvalue weighted by atomic mass is 15.2. The number of aromatic nitrogens is 2. The first-order chi connectivity index (χ1) is 17.7. The molecule has 1 heterocycles. The van der Waals surface area contributed by atoms with Gasteiger partial charge in [-0.1, -0.05) is 149 Å². The van der Waals surface area contributed by atoms with Gasteiger partial charge in [-0.2, -0.15) is 0 Å². The average molecular weight is 504 g/mol. The molecule has 2 heteroatoms. The Labute approximate surface area is 228 Å². The Balaban J connectivity index is 2.11. The van der Waals surface area contributed by atoms with Crippen molar-refractivity contribution in [2.24, 2.45) is 0 Å². The van der Waals surface area contributed by atoms with E-state index >= 15 is 0 Å². The van der Waals surface area contributed by atoms with Crippen LogP contribution in [0.15, 0.2) is 12.4 Å². The first kappa shape index (κ1) is 33.2. The predicted octanol–water partition coefficient (Wildman–Crippen LogP) is 11.3. The van der Waals surface area contributed by atoms with Gasteiger partial charge in [0.25, 0.3) is 5.82 Å². The molecule has 0 bridgehead atoms. The van der Waals surface area contributed by atoms with Gasteiger partial charge in [-0.05, 0) is 33.1 Å². The molecular weight excluding hydrogens is 436 g/mol. The van der Waals surface area contributed by atoms with E-state index in [-0.39, 0.29) is 0 Å². The second-order valence-electron chi connectivity index (χ2n) is 11.9. The van der Waals surface area contributed by atoms with Crippen molar-refractivity contribution in [3.63, 3.8) is 0 Å². The smallest absolute Gasteiger partial charge is 0.234 e. The standard InChI is InChI=1S/C34H67N2/c1-5-7-9-11-13-15-17-19-21-23-25-27-29-34-35(31-32-36(34)33(3)4)30-28-26-24-22-20-18-16-14-12-10-8-6-2/h31-33H,5-30H2,1-4H3/q+1. The molecule has 0 aliphatic heterocycles. The van der Waals surface area contributed by atoms with E-state index in [4.69, 9.17) is 0 Å². The maximum absolute atomic E-state index is 2.58. The van der Waals surface area contributed by atoms with Gasteiger partial charge in [0.15, 0.2) is 0 Å². The second-order valence-corrected chi connectivity index (χ2v) is 11.9. The summed E-state index contributed by atoms with van der Waals surface area (Å²) < 4.78 is 5.11. The molecule has 0 aliphatic rings. The zero-order valence-electron chi connectivity index (χ0n) is 25.5. The number of hydrogen-bond donors (Lipinski definition) is 0. The van der Waals surface area contributed by atoms with Gasteiger partial charge >= 0.3 is 0 Å². The summed E-state index contributed by atoms with van der Waals surface area (Å²) in [4.78, 5) is 0. The highest BCUT2D eigenvalue weighted by Gasteiger charge is 2.18. The molecule has 0 unspecified atom stereocenters. The summed E-state index contributed by atoms with van der Waals surface area (Å²) >= 11 is 0. The number of nitrogens with zero attached hydrogens (tertiary/aromatic N) is 2. The number of aryl methyl sites for hydroxylation is 1. The Hall–Kier alpha value is -0.790. The summed E-state index contributed by atoms with van der Waals surface area (Å²) in [6, 6.07) is 0.570. The fourth-order valence-electron chi connectivity index (χ4n) is 5.67. The highest BCUT2D eigenvalue weighted by Crippen LogP contribution is 2.15. The first-order valence-electron chi connectivity index (χ1n) is 16.8. The molecule has 1 aromatic rings. The molecule has 0 atom stereocenters. The van der Waals surface area contributed by atoms with E-state index in [1.807, 2.05) is 0 Å². The molecule has 0 aliphatic carbocycles. The Morgan fingerprint density at radius 1 is 0.528 bits per heavy atom. The molecule has 0 saturated carbocycles. The lowest BCUT2D eigenvalue weighted by Gasteiger charge is -2.08. The Morgan fingerprint density at radius 2 is 0.889 bits per heavy atom. The van der Waals surface area contributed by atoms with Crippen LogP contribution in [0.3, 0.4) is 0 Å². The van der Waals surface area contributed by atoms with Crippen molar-refractivity contribution in [2.75, 3.05) is 0 Å². The normalized spacial score (nSPS) is 11.7. The van der Waals surface area contributed by atoms with Crippen molar-refractivity contribution in [1.29, 1.82) is 0 Å². The molecule has 212 valence electrons. The van der Waals surface area contributed by atoms with Crippen LogP contribution in [0.2, 0.25) is 0 Å². The fraction of sp³-hybridized carbons (Fsp3) is 0.912. The Kier molecular flexibility index (Phi) is 22.7. The number of imidazole rings is 1. The topological polar surface area (TPSA) is 8.81 Å². The minimum absolute atomic E-state index is 0.570. The SMILES string of the molecule is CCCCCCCCCCCCCCc1n(C(C)C)cc[n+]1CCCCCCCCCCCCCC. The van der Waals surface area contributed by atoms with E-state index in [9.17, 15) is 0 Å². The van der Waals surface area contributed by atoms with Gasteiger partial charge in [-0.25, -0.2) is 9.13 Å². The number of unbranched alkanes of at least 4 members (excludes halogenated alkanes) is 22. The van der Waals surface area contributed by atoms with Gasteiger partial charge in [0.05, 0.1) is 12.6 Å². The van der Waals surface area contributed by atoms with Crippen LogP contribution in [0.1, 0.15) is 194 Å². The number of hydrogen-bond acceptors (Lipinski definition) is 0. The van der Waals surface area contributed by atoms with Crippen LogP contribution in [0.5, 0.6) is 0 Å². The van der Waals surface area contributed by atoms with Crippen LogP contribution in [0.4, 0.5) is 0 Å². The van der Waals surface area contributed by atoms with Crippen molar-refractivity contribution >= 4 is 0 Å².